The van der Waals surface area contributed by atoms with E-state index >= 15 is 0 Å². The van der Waals surface area contributed by atoms with Gasteiger partial charge in [0.1, 0.15) is 5.75 Å². The van der Waals surface area contributed by atoms with E-state index < -0.39 is 0 Å². The number of methoxy groups -OCH3 is 1. The molecule has 1 aromatic heterocycles. The summed E-state index contributed by atoms with van der Waals surface area (Å²) in [4.78, 5) is 16.8. The van der Waals surface area contributed by atoms with Gasteiger partial charge < -0.3 is 14.5 Å². The molecule has 154 valence electrons. The zero-order chi connectivity index (χ0) is 20.9. The summed E-state index contributed by atoms with van der Waals surface area (Å²) in [5.41, 5.74) is 3.90. The highest BCUT2D eigenvalue weighted by atomic mass is 16.5. The highest BCUT2D eigenvalue weighted by Crippen LogP contribution is 2.21. The van der Waals surface area contributed by atoms with Crippen LogP contribution < -0.4 is 9.64 Å². The normalized spacial score (nSPS) is 13.9. The smallest absolute Gasteiger partial charge is 0.254 e. The van der Waals surface area contributed by atoms with Crippen LogP contribution >= 0.6 is 0 Å². The molecule has 0 bridgehead atoms. The van der Waals surface area contributed by atoms with Gasteiger partial charge in [0.2, 0.25) is 0 Å². The lowest BCUT2D eigenvalue weighted by Crippen LogP contribution is -2.49. The summed E-state index contributed by atoms with van der Waals surface area (Å²) in [5.74, 6) is 1.57. The van der Waals surface area contributed by atoms with Gasteiger partial charge >= 0.3 is 0 Å². The van der Waals surface area contributed by atoms with Crippen LogP contribution in [0.4, 0.5) is 5.82 Å². The molecule has 2 heterocycles. The van der Waals surface area contributed by atoms with Crippen molar-refractivity contribution in [2.24, 2.45) is 0 Å². The van der Waals surface area contributed by atoms with E-state index in [2.05, 4.69) is 46.3 Å². The molecule has 1 aliphatic rings. The van der Waals surface area contributed by atoms with Crippen LogP contribution in [-0.2, 0) is 6.42 Å². The zero-order valence-electron chi connectivity index (χ0n) is 17.4. The van der Waals surface area contributed by atoms with E-state index in [4.69, 9.17) is 4.74 Å². The molecule has 0 N–H and O–H groups in total. The lowest BCUT2D eigenvalue weighted by Gasteiger charge is -2.35. The quantitative estimate of drug-likeness (QED) is 0.652. The van der Waals surface area contributed by atoms with Crippen molar-refractivity contribution < 1.29 is 9.53 Å². The summed E-state index contributed by atoms with van der Waals surface area (Å²) >= 11 is 0. The molecule has 1 amide bonds. The molecule has 2 aromatic carbocycles. The van der Waals surface area contributed by atoms with Crippen molar-refractivity contribution in [2.45, 2.75) is 13.3 Å². The van der Waals surface area contributed by atoms with Gasteiger partial charge in [-0.1, -0.05) is 37.3 Å². The largest absolute Gasteiger partial charge is 0.497 e. The third kappa shape index (κ3) is 4.27. The molecule has 1 saturated heterocycles. The predicted octanol–water partition coefficient (Wildman–Crippen LogP) is 3.68. The van der Waals surface area contributed by atoms with Gasteiger partial charge in [-0.3, -0.25) is 4.79 Å². The molecular formula is C24H26N4O2. The van der Waals surface area contributed by atoms with Crippen molar-refractivity contribution in [3.8, 4) is 17.0 Å². The molecular weight excluding hydrogens is 376 g/mol. The van der Waals surface area contributed by atoms with E-state index in [1.165, 1.54) is 5.56 Å². The lowest BCUT2D eigenvalue weighted by atomic mass is 10.1. The molecule has 4 rings (SSSR count). The maximum absolute atomic E-state index is 12.8. The summed E-state index contributed by atoms with van der Waals surface area (Å²) < 4.78 is 5.23. The van der Waals surface area contributed by atoms with Crippen LogP contribution in [0, 0.1) is 0 Å². The minimum atomic E-state index is 0.0329. The van der Waals surface area contributed by atoms with Crippen molar-refractivity contribution in [1.82, 2.24) is 15.1 Å². The van der Waals surface area contributed by atoms with Crippen molar-refractivity contribution in [2.75, 3.05) is 38.2 Å². The van der Waals surface area contributed by atoms with E-state index in [1.54, 1.807) is 13.2 Å². The van der Waals surface area contributed by atoms with Crippen LogP contribution in [0.25, 0.3) is 11.3 Å². The molecule has 6 nitrogen and oxygen atoms in total. The third-order valence-electron chi connectivity index (χ3n) is 5.52. The number of carbonyl (C=O) groups is 1. The summed E-state index contributed by atoms with van der Waals surface area (Å²) in [6, 6.07) is 19.8. The van der Waals surface area contributed by atoms with Crippen LogP contribution in [0.15, 0.2) is 60.7 Å². The number of rotatable bonds is 5. The fraction of sp³-hybridized carbons (Fsp3) is 0.292. The average molecular weight is 402 g/mol. The maximum Gasteiger partial charge on any atom is 0.254 e. The number of aryl methyl sites for hydroxylation is 1. The topological polar surface area (TPSA) is 58.6 Å². The fourth-order valence-corrected chi connectivity index (χ4v) is 3.64. The Morgan fingerprint density at radius 3 is 2.37 bits per heavy atom. The Labute approximate surface area is 177 Å². The summed E-state index contributed by atoms with van der Waals surface area (Å²) in [6.07, 6.45) is 1.02. The molecule has 0 unspecified atom stereocenters. The molecule has 0 saturated carbocycles. The van der Waals surface area contributed by atoms with E-state index in [1.807, 2.05) is 35.2 Å². The van der Waals surface area contributed by atoms with Crippen molar-refractivity contribution in [3.05, 3.63) is 71.8 Å². The first-order valence-electron chi connectivity index (χ1n) is 10.3. The second-order valence-corrected chi connectivity index (χ2v) is 7.34. The van der Waals surface area contributed by atoms with Gasteiger partial charge in [-0.2, -0.15) is 0 Å². The highest BCUT2D eigenvalue weighted by Gasteiger charge is 2.23. The number of ether oxygens (including phenoxy) is 1. The number of hydrogen-bond acceptors (Lipinski definition) is 5. The number of aromatic nitrogens is 2. The number of anilines is 1. The summed E-state index contributed by atoms with van der Waals surface area (Å²) in [6.45, 7) is 4.91. The third-order valence-corrected chi connectivity index (χ3v) is 5.52. The average Bonchev–Trinajstić information content (AvgIpc) is 2.84. The number of nitrogens with zero attached hydrogens (tertiary/aromatic N) is 4. The van der Waals surface area contributed by atoms with Crippen LogP contribution in [-0.4, -0.2) is 54.3 Å². The Kier molecular flexibility index (Phi) is 5.93. The SMILES string of the molecule is CCc1ccc(-c2ccc(N3CCN(C(=O)c4cccc(OC)c4)CC3)nn2)cc1. The van der Waals surface area contributed by atoms with Gasteiger partial charge in [0, 0.05) is 37.3 Å². The van der Waals surface area contributed by atoms with Crippen molar-refractivity contribution in [3.63, 3.8) is 0 Å². The van der Waals surface area contributed by atoms with E-state index in [-0.39, 0.29) is 5.91 Å². The minimum absolute atomic E-state index is 0.0329. The Morgan fingerprint density at radius 2 is 1.73 bits per heavy atom. The molecule has 0 atom stereocenters. The number of hydrogen-bond donors (Lipinski definition) is 0. The highest BCUT2D eigenvalue weighted by molar-refractivity contribution is 5.94. The Bertz CT molecular complexity index is 994. The Morgan fingerprint density at radius 1 is 0.967 bits per heavy atom. The van der Waals surface area contributed by atoms with Crippen molar-refractivity contribution >= 4 is 11.7 Å². The lowest BCUT2D eigenvalue weighted by molar-refractivity contribution is 0.0746. The van der Waals surface area contributed by atoms with Crippen LogP contribution in [0.5, 0.6) is 5.75 Å². The second kappa shape index (κ2) is 8.95. The molecule has 0 radical (unpaired) electrons. The van der Waals surface area contributed by atoms with Crippen LogP contribution in [0.3, 0.4) is 0 Å². The molecule has 1 fully saturated rings. The minimum Gasteiger partial charge on any atom is -0.497 e. The number of benzene rings is 2. The summed E-state index contributed by atoms with van der Waals surface area (Å²) in [5, 5.41) is 8.84. The molecule has 0 spiro atoms. The Hall–Kier alpha value is -3.41. The van der Waals surface area contributed by atoms with E-state index in [9.17, 15) is 4.79 Å². The van der Waals surface area contributed by atoms with Gasteiger partial charge in [0.15, 0.2) is 5.82 Å². The molecule has 0 aliphatic carbocycles. The van der Waals surface area contributed by atoms with Crippen molar-refractivity contribution in [1.29, 1.82) is 0 Å². The predicted molar refractivity (Wildman–Crippen MR) is 118 cm³/mol. The molecule has 3 aromatic rings. The number of amides is 1. The molecule has 6 heteroatoms. The standard InChI is InChI=1S/C24H26N4O2/c1-3-18-7-9-19(10-8-18)22-11-12-23(26-25-22)27-13-15-28(16-14-27)24(29)20-5-4-6-21(17-20)30-2/h4-12,17H,3,13-16H2,1-2H3. The van der Waals surface area contributed by atoms with Gasteiger partial charge in [0.05, 0.1) is 12.8 Å². The number of piperazine rings is 1. The van der Waals surface area contributed by atoms with Crippen LogP contribution in [0.2, 0.25) is 0 Å². The van der Waals surface area contributed by atoms with Gasteiger partial charge in [0.25, 0.3) is 5.91 Å². The Balaban J connectivity index is 1.38. The first-order valence-corrected chi connectivity index (χ1v) is 10.3. The van der Waals surface area contributed by atoms with E-state index in [0.29, 0.717) is 24.4 Å². The zero-order valence-corrected chi connectivity index (χ0v) is 17.4. The monoisotopic (exact) mass is 402 g/mol. The van der Waals surface area contributed by atoms with Crippen LogP contribution in [0.1, 0.15) is 22.8 Å². The van der Waals surface area contributed by atoms with Gasteiger partial charge in [-0.15, -0.1) is 10.2 Å². The fourth-order valence-electron chi connectivity index (χ4n) is 3.64. The second-order valence-electron chi connectivity index (χ2n) is 7.34. The maximum atomic E-state index is 12.8. The molecule has 1 aliphatic heterocycles. The first kappa shape index (κ1) is 19.9. The summed E-state index contributed by atoms with van der Waals surface area (Å²) in [7, 11) is 1.61. The van der Waals surface area contributed by atoms with Gasteiger partial charge in [-0.05, 0) is 42.3 Å². The molecule has 30 heavy (non-hydrogen) atoms. The van der Waals surface area contributed by atoms with E-state index in [0.717, 1.165) is 36.6 Å². The number of carbonyl (C=O) groups excluding carboxylic acids is 1. The van der Waals surface area contributed by atoms with Gasteiger partial charge in [-0.25, -0.2) is 0 Å². The first-order chi connectivity index (χ1) is 14.7.